The fourth-order valence-corrected chi connectivity index (χ4v) is 2.27. The van der Waals surface area contributed by atoms with Crippen molar-refractivity contribution in [2.45, 2.75) is 26.7 Å². The highest BCUT2D eigenvalue weighted by molar-refractivity contribution is 5.98. The third-order valence-corrected chi connectivity index (χ3v) is 3.68. The molecule has 2 atom stereocenters. The normalized spacial score (nSPS) is 36.7. The monoisotopic (exact) mass is 190 g/mol. The van der Waals surface area contributed by atoms with E-state index in [1.807, 2.05) is 6.92 Å². The highest BCUT2D eigenvalue weighted by Gasteiger charge is 2.41. The molecule has 0 bridgehead atoms. The number of hydrogen-bond donors (Lipinski definition) is 0. The Morgan fingerprint density at radius 2 is 2.07 bits per heavy atom. The number of ketones is 2. The van der Waals surface area contributed by atoms with Gasteiger partial charge < -0.3 is 0 Å². The lowest BCUT2D eigenvalue weighted by atomic mass is 9.62. The SMILES string of the molecule is C[C@@H]1C(=O)C=CC2=CC(=O)CC[C@]21C. The van der Waals surface area contributed by atoms with E-state index in [0.29, 0.717) is 6.42 Å². The first-order chi connectivity index (χ1) is 6.54. The van der Waals surface area contributed by atoms with Crippen LogP contribution in [-0.4, -0.2) is 11.6 Å². The molecule has 0 radical (unpaired) electrons. The molecule has 0 aliphatic heterocycles. The van der Waals surface area contributed by atoms with E-state index in [0.717, 1.165) is 12.0 Å². The number of hydrogen-bond acceptors (Lipinski definition) is 2. The first kappa shape index (κ1) is 9.38. The van der Waals surface area contributed by atoms with Crippen molar-refractivity contribution in [3.8, 4) is 0 Å². The summed E-state index contributed by atoms with van der Waals surface area (Å²) in [6, 6.07) is 0. The Morgan fingerprint density at radius 1 is 1.36 bits per heavy atom. The molecule has 0 fully saturated rings. The number of allylic oxidation sites excluding steroid dienone is 4. The second-order valence-corrected chi connectivity index (χ2v) is 4.44. The molecular weight excluding hydrogens is 176 g/mol. The summed E-state index contributed by atoms with van der Waals surface area (Å²) in [5.41, 5.74) is 0.917. The van der Waals surface area contributed by atoms with Crippen molar-refractivity contribution < 1.29 is 9.59 Å². The molecule has 74 valence electrons. The highest BCUT2D eigenvalue weighted by atomic mass is 16.1. The Bertz CT molecular complexity index is 363. The van der Waals surface area contributed by atoms with Gasteiger partial charge in [-0.1, -0.05) is 19.9 Å². The zero-order valence-corrected chi connectivity index (χ0v) is 8.54. The molecule has 0 heterocycles. The lowest BCUT2D eigenvalue weighted by molar-refractivity contribution is -0.123. The Labute approximate surface area is 83.7 Å². The first-order valence-electron chi connectivity index (χ1n) is 5.01. The van der Waals surface area contributed by atoms with Gasteiger partial charge in [-0.15, -0.1) is 0 Å². The van der Waals surface area contributed by atoms with Crippen LogP contribution in [0.15, 0.2) is 23.8 Å². The van der Waals surface area contributed by atoms with E-state index < -0.39 is 0 Å². The predicted octanol–water partition coefficient (Wildman–Crippen LogP) is 2.06. The van der Waals surface area contributed by atoms with Gasteiger partial charge in [-0.05, 0) is 24.1 Å². The fraction of sp³-hybridized carbons (Fsp3) is 0.500. The summed E-state index contributed by atoms with van der Waals surface area (Å²) in [6.07, 6.45) is 6.47. The molecule has 0 spiro atoms. The standard InChI is InChI=1S/C12H14O2/c1-8-11(14)4-3-9-7-10(13)5-6-12(8,9)2/h3-4,7-8H,5-6H2,1-2H3/t8-,12+/m1/s1. The molecule has 2 nitrogen and oxygen atoms in total. The van der Waals surface area contributed by atoms with Gasteiger partial charge in [-0.3, -0.25) is 9.59 Å². The molecule has 0 unspecified atom stereocenters. The quantitative estimate of drug-likeness (QED) is 0.586. The average Bonchev–Trinajstić information content (AvgIpc) is 2.16. The van der Waals surface area contributed by atoms with E-state index in [9.17, 15) is 9.59 Å². The van der Waals surface area contributed by atoms with Gasteiger partial charge in [0.25, 0.3) is 0 Å². The van der Waals surface area contributed by atoms with Gasteiger partial charge in [0.2, 0.25) is 0 Å². The number of fused-ring (bicyclic) bond motifs is 1. The van der Waals surface area contributed by atoms with Crippen molar-refractivity contribution in [2.24, 2.45) is 11.3 Å². The van der Waals surface area contributed by atoms with Crippen LogP contribution in [0.25, 0.3) is 0 Å². The zero-order valence-electron chi connectivity index (χ0n) is 8.54. The average molecular weight is 190 g/mol. The molecule has 0 saturated carbocycles. The highest BCUT2D eigenvalue weighted by Crippen LogP contribution is 2.45. The fourth-order valence-electron chi connectivity index (χ4n) is 2.27. The molecule has 2 heteroatoms. The molecule has 0 N–H and O–H groups in total. The van der Waals surface area contributed by atoms with Crippen molar-refractivity contribution >= 4 is 11.6 Å². The lowest BCUT2D eigenvalue weighted by Crippen LogP contribution is -2.37. The van der Waals surface area contributed by atoms with Gasteiger partial charge in [0.1, 0.15) is 0 Å². The van der Waals surface area contributed by atoms with Crippen molar-refractivity contribution in [1.29, 1.82) is 0 Å². The summed E-state index contributed by atoms with van der Waals surface area (Å²) in [5, 5.41) is 0. The van der Waals surface area contributed by atoms with Crippen molar-refractivity contribution in [3.63, 3.8) is 0 Å². The van der Waals surface area contributed by atoms with E-state index in [1.165, 1.54) is 0 Å². The predicted molar refractivity (Wildman–Crippen MR) is 53.7 cm³/mol. The molecule has 0 saturated heterocycles. The van der Waals surface area contributed by atoms with Crippen LogP contribution in [0.5, 0.6) is 0 Å². The molecule has 0 aromatic heterocycles. The summed E-state index contributed by atoms with van der Waals surface area (Å²) in [6.45, 7) is 4.03. The number of carbonyl (C=O) groups is 2. The second-order valence-electron chi connectivity index (χ2n) is 4.44. The van der Waals surface area contributed by atoms with Crippen LogP contribution in [-0.2, 0) is 9.59 Å². The van der Waals surface area contributed by atoms with E-state index >= 15 is 0 Å². The summed E-state index contributed by atoms with van der Waals surface area (Å²) in [5.74, 6) is 0.370. The smallest absolute Gasteiger partial charge is 0.159 e. The molecule has 2 aliphatic carbocycles. The minimum atomic E-state index is -0.111. The Hall–Kier alpha value is -1.18. The van der Waals surface area contributed by atoms with Crippen molar-refractivity contribution in [3.05, 3.63) is 23.8 Å². The molecular formula is C12H14O2. The third kappa shape index (κ3) is 1.17. The molecule has 2 rings (SSSR count). The van der Waals surface area contributed by atoms with Gasteiger partial charge in [0, 0.05) is 17.8 Å². The van der Waals surface area contributed by atoms with Crippen LogP contribution in [0.1, 0.15) is 26.7 Å². The van der Waals surface area contributed by atoms with Crippen LogP contribution < -0.4 is 0 Å². The van der Waals surface area contributed by atoms with Crippen molar-refractivity contribution in [1.82, 2.24) is 0 Å². The maximum Gasteiger partial charge on any atom is 0.159 e. The van der Waals surface area contributed by atoms with E-state index in [1.54, 1.807) is 18.2 Å². The molecule has 0 amide bonds. The maximum absolute atomic E-state index is 11.5. The largest absolute Gasteiger partial charge is 0.295 e. The Morgan fingerprint density at radius 3 is 2.79 bits per heavy atom. The van der Waals surface area contributed by atoms with Gasteiger partial charge >= 0.3 is 0 Å². The summed E-state index contributed by atoms with van der Waals surface area (Å²) < 4.78 is 0. The Kier molecular flexibility index (Phi) is 1.95. The maximum atomic E-state index is 11.5. The number of carbonyl (C=O) groups excluding carboxylic acids is 2. The van der Waals surface area contributed by atoms with Crippen LogP contribution >= 0.6 is 0 Å². The number of rotatable bonds is 0. The second kappa shape index (κ2) is 2.91. The van der Waals surface area contributed by atoms with E-state index in [2.05, 4.69) is 6.92 Å². The third-order valence-electron chi connectivity index (χ3n) is 3.68. The van der Waals surface area contributed by atoms with Crippen LogP contribution in [0.3, 0.4) is 0 Å². The minimum absolute atomic E-state index is 0.00634. The van der Waals surface area contributed by atoms with Gasteiger partial charge in [0.05, 0.1) is 0 Å². The summed E-state index contributed by atoms with van der Waals surface area (Å²) in [4.78, 5) is 22.8. The molecule has 2 aliphatic rings. The van der Waals surface area contributed by atoms with Gasteiger partial charge in [0.15, 0.2) is 11.6 Å². The summed E-state index contributed by atoms with van der Waals surface area (Å²) >= 11 is 0. The van der Waals surface area contributed by atoms with E-state index in [4.69, 9.17) is 0 Å². The lowest BCUT2D eigenvalue weighted by Gasteiger charge is -2.40. The Balaban J connectivity index is 2.50. The van der Waals surface area contributed by atoms with Crippen LogP contribution in [0.2, 0.25) is 0 Å². The summed E-state index contributed by atoms with van der Waals surface area (Å²) in [7, 11) is 0. The minimum Gasteiger partial charge on any atom is -0.295 e. The zero-order chi connectivity index (χ0) is 10.3. The van der Waals surface area contributed by atoms with Crippen molar-refractivity contribution in [2.75, 3.05) is 0 Å². The van der Waals surface area contributed by atoms with Gasteiger partial charge in [-0.25, -0.2) is 0 Å². The van der Waals surface area contributed by atoms with Gasteiger partial charge in [-0.2, -0.15) is 0 Å². The molecule has 0 aromatic rings. The molecule has 0 aromatic carbocycles. The topological polar surface area (TPSA) is 34.1 Å². The van der Waals surface area contributed by atoms with E-state index in [-0.39, 0.29) is 22.9 Å². The van der Waals surface area contributed by atoms with Crippen LogP contribution in [0.4, 0.5) is 0 Å². The molecule has 14 heavy (non-hydrogen) atoms. The van der Waals surface area contributed by atoms with Crippen LogP contribution in [0, 0.1) is 11.3 Å². The first-order valence-corrected chi connectivity index (χ1v) is 5.01.